The summed E-state index contributed by atoms with van der Waals surface area (Å²) in [5, 5.41) is 11.4. The zero-order valence-electron chi connectivity index (χ0n) is 16.4. The Hall–Kier alpha value is -2.37. The number of carbonyl (C=O) groups is 1. The van der Waals surface area contributed by atoms with E-state index in [4.69, 9.17) is 4.42 Å². The minimum atomic E-state index is -0.347. The van der Waals surface area contributed by atoms with Crippen LogP contribution in [0.1, 0.15) is 68.7 Å². The minimum absolute atomic E-state index is 0.128. The van der Waals surface area contributed by atoms with Crippen molar-refractivity contribution < 1.29 is 9.21 Å². The lowest BCUT2D eigenvalue weighted by molar-refractivity contribution is -0.133. The maximum atomic E-state index is 12.7. The molecule has 0 radical (unpaired) electrons. The molecule has 2 aliphatic carbocycles. The van der Waals surface area contributed by atoms with Gasteiger partial charge in [0.05, 0.1) is 0 Å². The van der Waals surface area contributed by atoms with E-state index in [1.807, 2.05) is 17.9 Å². The van der Waals surface area contributed by atoms with Crippen LogP contribution in [0.25, 0.3) is 0 Å². The molecule has 3 fully saturated rings. The first-order valence-electron chi connectivity index (χ1n) is 10.6. The molecule has 0 bridgehead atoms. The number of nitrogens with zero attached hydrogens (tertiary/aromatic N) is 3. The van der Waals surface area contributed by atoms with Gasteiger partial charge in [-0.15, -0.1) is 5.10 Å². The number of rotatable bonds is 5. The second kappa shape index (κ2) is 6.90. The number of carbonyl (C=O) groups excluding carboxylic acids is 1. The van der Waals surface area contributed by atoms with E-state index in [0.29, 0.717) is 29.2 Å². The number of aromatic nitrogens is 2. The van der Waals surface area contributed by atoms with Crippen molar-refractivity contribution in [3.05, 3.63) is 41.8 Å². The summed E-state index contributed by atoms with van der Waals surface area (Å²) in [6, 6.07) is 10.6. The van der Waals surface area contributed by atoms with Crippen molar-refractivity contribution in [1.29, 1.82) is 0 Å². The molecule has 1 aromatic carbocycles. The molecule has 6 nitrogen and oxygen atoms in total. The van der Waals surface area contributed by atoms with Crippen molar-refractivity contribution in [1.82, 2.24) is 15.1 Å². The molecule has 2 saturated carbocycles. The zero-order chi connectivity index (χ0) is 19.1. The molecule has 6 heteroatoms. The summed E-state index contributed by atoms with van der Waals surface area (Å²) in [5.74, 6) is 1.70. The van der Waals surface area contributed by atoms with Crippen molar-refractivity contribution in [3.8, 4) is 0 Å². The van der Waals surface area contributed by atoms with Gasteiger partial charge >= 0.3 is 6.01 Å². The van der Waals surface area contributed by atoms with Gasteiger partial charge in [0, 0.05) is 19.0 Å². The third-order valence-corrected chi connectivity index (χ3v) is 7.00. The Morgan fingerprint density at radius 2 is 1.82 bits per heavy atom. The van der Waals surface area contributed by atoms with Gasteiger partial charge in [-0.25, -0.2) is 0 Å². The van der Waals surface area contributed by atoms with Gasteiger partial charge in [-0.05, 0) is 62.3 Å². The van der Waals surface area contributed by atoms with Crippen LogP contribution in [0.3, 0.4) is 0 Å². The first-order chi connectivity index (χ1) is 13.6. The van der Waals surface area contributed by atoms with Crippen LogP contribution in [0, 0.1) is 5.41 Å². The molecule has 5 rings (SSSR count). The molecule has 3 aliphatic rings. The lowest BCUT2D eigenvalue weighted by Crippen LogP contribution is -2.45. The van der Waals surface area contributed by atoms with E-state index >= 15 is 0 Å². The number of benzene rings is 1. The normalized spacial score (nSPS) is 26.5. The summed E-state index contributed by atoms with van der Waals surface area (Å²) >= 11 is 0. The van der Waals surface area contributed by atoms with Crippen LogP contribution in [-0.2, 0) is 4.79 Å². The van der Waals surface area contributed by atoms with Crippen LogP contribution in [0.15, 0.2) is 34.7 Å². The Bertz CT molecular complexity index is 829. The molecule has 0 unspecified atom stereocenters. The molecule has 1 aliphatic heterocycles. The lowest BCUT2D eigenvalue weighted by Gasteiger charge is -2.33. The van der Waals surface area contributed by atoms with Crippen molar-refractivity contribution in [3.63, 3.8) is 0 Å². The lowest BCUT2D eigenvalue weighted by atomic mass is 9.71. The topological polar surface area (TPSA) is 71.3 Å². The van der Waals surface area contributed by atoms with Gasteiger partial charge in [-0.3, -0.25) is 4.79 Å². The smallest absolute Gasteiger partial charge is 0.316 e. The fourth-order valence-electron chi connectivity index (χ4n) is 4.67. The molecule has 2 aromatic rings. The van der Waals surface area contributed by atoms with Crippen LogP contribution in [0.2, 0.25) is 0 Å². The van der Waals surface area contributed by atoms with Gasteiger partial charge in [0.15, 0.2) is 0 Å². The van der Waals surface area contributed by atoms with E-state index < -0.39 is 0 Å². The standard InChI is InChI=1S/C22H28N4O2/c1-15(20(27)26-11-9-22(7-8-22)10-12-26)23-21-25-24-19(28-21)18-13-17(14-18)16-5-3-2-4-6-16/h2-6,15,17-18H,7-14H2,1H3,(H,23,25)/t15-,17?,18?/m1/s1. The van der Waals surface area contributed by atoms with E-state index in [9.17, 15) is 4.79 Å². The minimum Gasteiger partial charge on any atom is -0.408 e. The van der Waals surface area contributed by atoms with Gasteiger partial charge in [0.1, 0.15) is 6.04 Å². The summed E-state index contributed by atoms with van der Waals surface area (Å²) in [4.78, 5) is 14.7. The first-order valence-corrected chi connectivity index (χ1v) is 10.6. The number of anilines is 1. The van der Waals surface area contributed by atoms with Crippen molar-refractivity contribution >= 4 is 11.9 Å². The summed E-state index contributed by atoms with van der Waals surface area (Å²) in [7, 11) is 0. The molecule has 2 heterocycles. The zero-order valence-corrected chi connectivity index (χ0v) is 16.4. The number of likely N-dealkylation sites (tertiary alicyclic amines) is 1. The highest BCUT2D eigenvalue weighted by atomic mass is 16.4. The second-order valence-electron chi connectivity index (χ2n) is 8.91. The Labute approximate surface area is 165 Å². The Morgan fingerprint density at radius 1 is 1.11 bits per heavy atom. The fraction of sp³-hybridized carbons (Fsp3) is 0.591. The summed E-state index contributed by atoms with van der Waals surface area (Å²) in [6.07, 6.45) is 7.08. The molecular formula is C22H28N4O2. The van der Waals surface area contributed by atoms with Gasteiger partial charge in [-0.2, -0.15) is 0 Å². The van der Waals surface area contributed by atoms with E-state index in [1.165, 1.54) is 18.4 Å². The maximum Gasteiger partial charge on any atom is 0.316 e. The molecule has 1 spiro atoms. The first kappa shape index (κ1) is 17.7. The van der Waals surface area contributed by atoms with Gasteiger partial charge in [0.25, 0.3) is 0 Å². The van der Waals surface area contributed by atoms with Crippen molar-refractivity contribution in [2.75, 3.05) is 18.4 Å². The number of amides is 1. The van der Waals surface area contributed by atoms with E-state index in [-0.39, 0.29) is 11.9 Å². The predicted molar refractivity (Wildman–Crippen MR) is 106 cm³/mol. The van der Waals surface area contributed by atoms with E-state index in [2.05, 4.69) is 39.8 Å². The van der Waals surface area contributed by atoms with Crippen LogP contribution in [0.5, 0.6) is 0 Å². The molecule has 1 atom stereocenters. The third kappa shape index (κ3) is 3.40. The van der Waals surface area contributed by atoms with Gasteiger partial charge in [-0.1, -0.05) is 35.4 Å². The largest absolute Gasteiger partial charge is 0.408 e. The monoisotopic (exact) mass is 380 g/mol. The number of hydrogen-bond donors (Lipinski definition) is 1. The van der Waals surface area contributed by atoms with Crippen LogP contribution in [0.4, 0.5) is 6.01 Å². The number of piperidine rings is 1. The third-order valence-electron chi connectivity index (χ3n) is 7.00. The highest BCUT2D eigenvalue weighted by Crippen LogP contribution is 2.53. The summed E-state index contributed by atoms with van der Waals surface area (Å²) < 4.78 is 5.82. The van der Waals surface area contributed by atoms with Crippen LogP contribution >= 0.6 is 0 Å². The highest BCUT2D eigenvalue weighted by Gasteiger charge is 2.45. The Balaban J connectivity index is 1.13. The molecule has 1 saturated heterocycles. The van der Waals surface area contributed by atoms with E-state index in [1.54, 1.807) is 0 Å². The molecule has 1 aromatic heterocycles. The SMILES string of the molecule is C[C@@H](Nc1nnc(C2CC(c3ccccc3)C2)o1)C(=O)N1CCC2(CC1)CC2. The summed E-state index contributed by atoms with van der Waals surface area (Å²) in [5.41, 5.74) is 1.96. The summed E-state index contributed by atoms with van der Waals surface area (Å²) in [6.45, 7) is 3.63. The van der Waals surface area contributed by atoms with Crippen molar-refractivity contribution in [2.24, 2.45) is 5.41 Å². The van der Waals surface area contributed by atoms with Gasteiger partial charge in [0.2, 0.25) is 11.8 Å². The average Bonchev–Trinajstić information content (AvgIpc) is 3.28. The molecular weight excluding hydrogens is 352 g/mol. The molecule has 1 amide bonds. The van der Waals surface area contributed by atoms with E-state index in [0.717, 1.165) is 38.8 Å². The number of nitrogens with one attached hydrogen (secondary N) is 1. The highest BCUT2D eigenvalue weighted by molar-refractivity contribution is 5.83. The molecule has 148 valence electrons. The van der Waals surface area contributed by atoms with Crippen molar-refractivity contribution in [2.45, 2.75) is 63.3 Å². The predicted octanol–water partition coefficient (Wildman–Crippen LogP) is 3.93. The Morgan fingerprint density at radius 3 is 2.50 bits per heavy atom. The van der Waals surface area contributed by atoms with Gasteiger partial charge < -0.3 is 14.6 Å². The Kier molecular flexibility index (Phi) is 4.37. The quantitative estimate of drug-likeness (QED) is 0.851. The maximum absolute atomic E-state index is 12.7. The second-order valence-corrected chi connectivity index (χ2v) is 8.91. The van der Waals surface area contributed by atoms with Crippen LogP contribution in [-0.4, -0.2) is 40.1 Å². The van der Waals surface area contributed by atoms with Crippen LogP contribution < -0.4 is 5.32 Å². The fourth-order valence-corrected chi connectivity index (χ4v) is 4.67. The average molecular weight is 380 g/mol. The number of hydrogen-bond acceptors (Lipinski definition) is 5. The molecule has 1 N–H and O–H groups in total. The molecule has 28 heavy (non-hydrogen) atoms.